The Morgan fingerprint density at radius 3 is 2.19 bits per heavy atom. The van der Waals surface area contributed by atoms with Crippen LogP contribution in [0.15, 0.2) is 29.1 Å². The lowest BCUT2D eigenvalue weighted by Gasteiger charge is -2.54. The van der Waals surface area contributed by atoms with Crippen LogP contribution in [0.25, 0.3) is 11.0 Å². The van der Waals surface area contributed by atoms with Crippen molar-refractivity contribution in [1.82, 2.24) is 14.5 Å². The summed E-state index contributed by atoms with van der Waals surface area (Å²) in [6.07, 6.45) is 11.9. The van der Waals surface area contributed by atoms with E-state index in [0.29, 0.717) is 23.6 Å². The van der Waals surface area contributed by atoms with E-state index < -0.39 is 11.5 Å². The van der Waals surface area contributed by atoms with E-state index in [9.17, 15) is 14.7 Å². The minimum absolute atomic E-state index is 0.0169. The molecular formula is C31H45N3O3. The normalized spacial score (nSPS) is 34.0. The molecule has 2 aliphatic heterocycles. The molecule has 6 atom stereocenters. The van der Waals surface area contributed by atoms with Gasteiger partial charge in [0.1, 0.15) is 0 Å². The molecule has 1 N–H and O–H groups in total. The first kappa shape index (κ1) is 26.4. The molecule has 3 fully saturated rings. The van der Waals surface area contributed by atoms with Gasteiger partial charge >= 0.3 is 5.97 Å². The van der Waals surface area contributed by atoms with Crippen LogP contribution in [0.3, 0.4) is 0 Å². The number of carboxylic acids is 1. The molecule has 1 aromatic heterocycles. The standard InChI is InChI=1S/C31H45N3O3/c1-5-21(4)22-13-19(2)15-25(16-20(3)14-22)33-23-9-8-10-24(33)18-26(17-23)34-28-12-7-6-11-27(28)32-29(30(34)35)31(36)37/h6-7,11-12,19-26H,5,8-10,13-18H2,1-4H3,(H,36,37)/t19-,20-,21-,22?,23-,24+,25?,26+/m0/s1. The Hall–Kier alpha value is -2.21. The van der Waals surface area contributed by atoms with E-state index in [4.69, 9.17) is 0 Å². The molecule has 0 spiro atoms. The molecule has 3 aliphatic rings. The van der Waals surface area contributed by atoms with E-state index in [1.54, 1.807) is 4.57 Å². The topological polar surface area (TPSA) is 75.4 Å². The highest BCUT2D eigenvalue weighted by molar-refractivity contribution is 5.88. The summed E-state index contributed by atoms with van der Waals surface area (Å²) >= 11 is 0. The Balaban J connectivity index is 1.43. The number of hydrogen-bond donors (Lipinski definition) is 1. The molecule has 202 valence electrons. The number of hydrogen-bond acceptors (Lipinski definition) is 4. The van der Waals surface area contributed by atoms with Gasteiger partial charge in [-0.25, -0.2) is 9.78 Å². The molecule has 2 bridgehead atoms. The van der Waals surface area contributed by atoms with Gasteiger partial charge < -0.3 is 9.67 Å². The molecule has 3 heterocycles. The molecule has 6 nitrogen and oxygen atoms in total. The van der Waals surface area contributed by atoms with Gasteiger partial charge in [-0.15, -0.1) is 0 Å². The molecule has 2 aromatic rings. The highest BCUT2D eigenvalue weighted by Crippen LogP contribution is 2.45. The first-order valence-corrected chi connectivity index (χ1v) is 14.8. The Morgan fingerprint density at radius 2 is 1.59 bits per heavy atom. The summed E-state index contributed by atoms with van der Waals surface area (Å²) in [4.78, 5) is 32.4. The summed E-state index contributed by atoms with van der Waals surface area (Å²) in [6, 6.07) is 9.05. The van der Waals surface area contributed by atoms with Crippen LogP contribution in [0.2, 0.25) is 0 Å². The van der Waals surface area contributed by atoms with Crippen molar-refractivity contribution in [1.29, 1.82) is 0 Å². The van der Waals surface area contributed by atoms with E-state index in [-0.39, 0.29) is 11.7 Å². The maximum Gasteiger partial charge on any atom is 0.360 e. The van der Waals surface area contributed by atoms with Crippen LogP contribution in [-0.4, -0.2) is 43.7 Å². The van der Waals surface area contributed by atoms with Gasteiger partial charge in [0.05, 0.1) is 11.0 Å². The number of aromatic nitrogens is 2. The number of rotatable bonds is 5. The number of para-hydroxylation sites is 2. The van der Waals surface area contributed by atoms with Crippen LogP contribution in [0, 0.1) is 23.7 Å². The molecule has 2 saturated heterocycles. The number of fused-ring (bicyclic) bond motifs is 3. The van der Waals surface area contributed by atoms with Gasteiger partial charge in [-0.1, -0.05) is 52.7 Å². The summed E-state index contributed by atoms with van der Waals surface area (Å²) in [5, 5.41) is 9.71. The molecule has 1 aliphatic carbocycles. The largest absolute Gasteiger partial charge is 0.476 e. The van der Waals surface area contributed by atoms with Crippen LogP contribution < -0.4 is 5.56 Å². The number of benzene rings is 1. The molecular weight excluding hydrogens is 462 g/mol. The van der Waals surface area contributed by atoms with Crippen LogP contribution in [0.5, 0.6) is 0 Å². The molecule has 0 radical (unpaired) electrons. The fourth-order valence-corrected chi connectivity index (χ4v) is 8.24. The maximum atomic E-state index is 13.4. The summed E-state index contributed by atoms with van der Waals surface area (Å²) < 4.78 is 1.79. The van der Waals surface area contributed by atoms with E-state index in [2.05, 4.69) is 37.6 Å². The van der Waals surface area contributed by atoms with Gasteiger partial charge in [-0.05, 0) is 87.2 Å². The third-order valence-electron chi connectivity index (χ3n) is 10.00. The SMILES string of the molecule is CC[C@H](C)C1C[C@H](C)CC(N2[C@@H]3CCC[C@H]2C[C@@H](n2c(=O)c(C(=O)O)nc4ccccc42)C3)C[C@@H](C)C1. The van der Waals surface area contributed by atoms with Crippen molar-refractivity contribution < 1.29 is 9.90 Å². The number of aromatic carboxylic acids is 1. The lowest BCUT2D eigenvalue weighted by Crippen LogP contribution is -2.58. The molecule has 0 amide bonds. The van der Waals surface area contributed by atoms with Crippen molar-refractivity contribution >= 4 is 17.0 Å². The zero-order valence-electron chi connectivity index (χ0n) is 23.1. The van der Waals surface area contributed by atoms with Crippen LogP contribution in [-0.2, 0) is 0 Å². The second kappa shape index (κ2) is 10.9. The Bertz CT molecular complexity index is 1150. The third kappa shape index (κ3) is 5.23. The van der Waals surface area contributed by atoms with Gasteiger partial charge in [-0.2, -0.15) is 0 Å². The Kier molecular flexibility index (Phi) is 7.76. The minimum atomic E-state index is -1.24. The zero-order chi connectivity index (χ0) is 26.3. The van der Waals surface area contributed by atoms with Gasteiger partial charge in [0, 0.05) is 24.2 Å². The summed E-state index contributed by atoms with van der Waals surface area (Å²) in [5.74, 6) is 1.88. The monoisotopic (exact) mass is 507 g/mol. The molecule has 1 saturated carbocycles. The summed E-state index contributed by atoms with van der Waals surface area (Å²) in [7, 11) is 0. The number of carboxylic acid groups (broad SMARTS) is 1. The smallest absolute Gasteiger partial charge is 0.360 e. The van der Waals surface area contributed by atoms with Crippen molar-refractivity contribution in [2.24, 2.45) is 23.7 Å². The highest BCUT2D eigenvalue weighted by atomic mass is 16.4. The third-order valence-corrected chi connectivity index (χ3v) is 10.00. The molecule has 37 heavy (non-hydrogen) atoms. The fraction of sp³-hybridized carbons (Fsp3) is 0.710. The first-order chi connectivity index (χ1) is 17.8. The van der Waals surface area contributed by atoms with E-state index >= 15 is 0 Å². The van der Waals surface area contributed by atoms with Gasteiger partial charge in [0.15, 0.2) is 0 Å². The van der Waals surface area contributed by atoms with Gasteiger partial charge in [0.25, 0.3) is 5.56 Å². The number of piperidine rings is 2. The molecule has 0 unspecified atom stereocenters. The van der Waals surface area contributed by atoms with Crippen LogP contribution in [0.1, 0.15) is 108 Å². The summed E-state index contributed by atoms with van der Waals surface area (Å²) in [5.41, 5.74) is 0.542. The van der Waals surface area contributed by atoms with Crippen molar-refractivity contribution in [2.75, 3.05) is 0 Å². The minimum Gasteiger partial charge on any atom is -0.476 e. The summed E-state index contributed by atoms with van der Waals surface area (Å²) in [6.45, 7) is 9.72. The molecule has 1 aromatic carbocycles. The lowest BCUT2D eigenvalue weighted by molar-refractivity contribution is -0.0363. The van der Waals surface area contributed by atoms with Crippen molar-refractivity contribution in [3.05, 3.63) is 40.3 Å². The van der Waals surface area contributed by atoms with Crippen LogP contribution >= 0.6 is 0 Å². The van der Waals surface area contributed by atoms with E-state index in [0.717, 1.165) is 42.0 Å². The predicted octanol–water partition coefficient (Wildman–Crippen LogP) is 6.53. The van der Waals surface area contributed by atoms with E-state index in [1.165, 1.54) is 51.4 Å². The average molecular weight is 508 g/mol. The second-order valence-corrected chi connectivity index (χ2v) is 12.7. The van der Waals surface area contributed by atoms with Gasteiger partial charge in [-0.3, -0.25) is 9.69 Å². The maximum absolute atomic E-state index is 13.4. The quantitative estimate of drug-likeness (QED) is 0.498. The second-order valence-electron chi connectivity index (χ2n) is 12.7. The predicted molar refractivity (Wildman–Crippen MR) is 148 cm³/mol. The molecule has 6 heteroatoms. The van der Waals surface area contributed by atoms with Gasteiger partial charge in [0.2, 0.25) is 5.69 Å². The van der Waals surface area contributed by atoms with Crippen molar-refractivity contribution in [3.63, 3.8) is 0 Å². The van der Waals surface area contributed by atoms with Crippen LogP contribution in [0.4, 0.5) is 0 Å². The van der Waals surface area contributed by atoms with E-state index in [1.807, 2.05) is 24.3 Å². The average Bonchev–Trinajstić information content (AvgIpc) is 2.85. The fourth-order valence-electron chi connectivity index (χ4n) is 8.24. The first-order valence-electron chi connectivity index (χ1n) is 14.8. The lowest BCUT2D eigenvalue weighted by atomic mass is 9.72. The van der Waals surface area contributed by atoms with Crippen molar-refractivity contribution in [2.45, 2.75) is 116 Å². The Morgan fingerprint density at radius 1 is 0.973 bits per heavy atom. The zero-order valence-corrected chi connectivity index (χ0v) is 23.1. The number of carbonyl (C=O) groups is 1. The highest BCUT2D eigenvalue weighted by Gasteiger charge is 2.44. The number of nitrogens with zero attached hydrogens (tertiary/aromatic N) is 3. The molecule has 5 rings (SSSR count). The Labute approximate surface area is 221 Å². The van der Waals surface area contributed by atoms with Crippen molar-refractivity contribution in [3.8, 4) is 0 Å².